The number of nitrogens with zero attached hydrogens (tertiary/aromatic N) is 1. The van der Waals surface area contributed by atoms with Crippen molar-refractivity contribution in [2.24, 2.45) is 5.73 Å². The maximum Gasteiger partial charge on any atom is 0.227 e. The van der Waals surface area contributed by atoms with E-state index in [4.69, 9.17) is 22.1 Å². The molecule has 1 aliphatic heterocycles. The number of hydrogen-bond donors (Lipinski definition) is 1. The second-order valence-electron chi connectivity index (χ2n) is 5.35. The number of halogens is 1. The fourth-order valence-electron chi connectivity index (χ4n) is 2.64. The van der Waals surface area contributed by atoms with Gasteiger partial charge in [-0.05, 0) is 37.5 Å². The van der Waals surface area contributed by atoms with E-state index in [-0.39, 0.29) is 18.0 Å². The highest BCUT2D eigenvalue weighted by Crippen LogP contribution is 2.24. The molecule has 1 fully saturated rings. The van der Waals surface area contributed by atoms with Crippen LogP contribution in [0.5, 0.6) is 5.75 Å². The van der Waals surface area contributed by atoms with Gasteiger partial charge in [0.25, 0.3) is 0 Å². The number of amides is 1. The van der Waals surface area contributed by atoms with Gasteiger partial charge >= 0.3 is 0 Å². The lowest BCUT2D eigenvalue weighted by Gasteiger charge is -2.36. The molecule has 0 aromatic heterocycles. The molecule has 0 radical (unpaired) electrons. The zero-order chi connectivity index (χ0) is 14.7. The molecule has 20 heavy (non-hydrogen) atoms. The van der Waals surface area contributed by atoms with Gasteiger partial charge in [-0.15, -0.1) is 0 Å². The van der Waals surface area contributed by atoms with Crippen LogP contribution in [0, 0.1) is 0 Å². The number of carbonyl (C=O) groups excluding carboxylic acids is 1. The van der Waals surface area contributed by atoms with Crippen molar-refractivity contribution >= 4 is 17.5 Å². The van der Waals surface area contributed by atoms with Gasteiger partial charge in [0.05, 0.1) is 13.5 Å². The second kappa shape index (κ2) is 6.46. The third kappa shape index (κ3) is 3.44. The molecule has 0 spiro atoms. The highest BCUT2D eigenvalue weighted by molar-refractivity contribution is 6.31. The van der Waals surface area contributed by atoms with E-state index in [1.165, 1.54) is 0 Å². The quantitative estimate of drug-likeness (QED) is 0.930. The van der Waals surface area contributed by atoms with E-state index in [0.29, 0.717) is 17.2 Å². The number of rotatable bonds is 3. The number of likely N-dealkylation sites (tertiary alicyclic amines) is 1. The smallest absolute Gasteiger partial charge is 0.227 e. The summed E-state index contributed by atoms with van der Waals surface area (Å²) < 4.78 is 5.11. The minimum Gasteiger partial charge on any atom is -0.497 e. The third-order valence-electron chi connectivity index (χ3n) is 3.84. The molecular weight excluding hydrogens is 276 g/mol. The van der Waals surface area contributed by atoms with E-state index in [9.17, 15) is 4.79 Å². The number of benzene rings is 1. The molecule has 0 unspecified atom stereocenters. The summed E-state index contributed by atoms with van der Waals surface area (Å²) in [6, 6.07) is 5.81. The first-order chi connectivity index (χ1) is 9.51. The first-order valence-corrected chi connectivity index (χ1v) is 7.26. The van der Waals surface area contributed by atoms with E-state index in [0.717, 1.165) is 24.9 Å². The average molecular weight is 297 g/mol. The Bertz CT molecular complexity index is 493. The first kappa shape index (κ1) is 15.1. The Morgan fingerprint density at radius 3 is 2.90 bits per heavy atom. The Morgan fingerprint density at radius 1 is 1.55 bits per heavy atom. The Morgan fingerprint density at radius 2 is 2.30 bits per heavy atom. The lowest BCUT2D eigenvalue weighted by Crippen LogP contribution is -2.48. The minimum absolute atomic E-state index is 0.108. The van der Waals surface area contributed by atoms with E-state index < -0.39 is 0 Å². The van der Waals surface area contributed by atoms with Crippen LogP contribution in [-0.4, -0.2) is 36.5 Å². The summed E-state index contributed by atoms with van der Waals surface area (Å²) in [4.78, 5) is 14.3. The van der Waals surface area contributed by atoms with Crippen LogP contribution in [-0.2, 0) is 11.2 Å². The predicted octanol–water partition coefficient (Wildman–Crippen LogP) is 2.23. The fourth-order valence-corrected chi connectivity index (χ4v) is 2.88. The summed E-state index contributed by atoms with van der Waals surface area (Å²) in [6.45, 7) is 2.78. The van der Waals surface area contributed by atoms with Crippen molar-refractivity contribution in [2.75, 3.05) is 13.7 Å². The third-order valence-corrected chi connectivity index (χ3v) is 4.19. The fraction of sp³-hybridized carbons (Fsp3) is 0.533. The van der Waals surface area contributed by atoms with Crippen LogP contribution in [0.1, 0.15) is 25.3 Å². The Balaban J connectivity index is 2.04. The average Bonchev–Trinajstić information content (AvgIpc) is 2.40. The zero-order valence-electron chi connectivity index (χ0n) is 11.9. The van der Waals surface area contributed by atoms with Crippen LogP contribution in [0.15, 0.2) is 18.2 Å². The van der Waals surface area contributed by atoms with Crippen molar-refractivity contribution in [3.8, 4) is 5.75 Å². The minimum atomic E-state index is 0.108. The normalized spacial score (nSPS) is 22.7. The Hall–Kier alpha value is -1.26. The maximum atomic E-state index is 12.4. The van der Waals surface area contributed by atoms with E-state index in [2.05, 4.69) is 0 Å². The molecule has 1 saturated heterocycles. The lowest BCUT2D eigenvalue weighted by molar-refractivity contribution is -0.133. The van der Waals surface area contributed by atoms with Gasteiger partial charge in [0.2, 0.25) is 5.91 Å². The summed E-state index contributed by atoms with van der Waals surface area (Å²) in [7, 11) is 1.59. The van der Waals surface area contributed by atoms with E-state index in [1.807, 2.05) is 24.0 Å². The molecule has 110 valence electrons. The molecule has 1 heterocycles. The topological polar surface area (TPSA) is 55.6 Å². The molecule has 0 bridgehead atoms. The van der Waals surface area contributed by atoms with Crippen LogP contribution in [0.2, 0.25) is 5.02 Å². The van der Waals surface area contributed by atoms with Gasteiger partial charge in [0, 0.05) is 23.7 Å². The van der Waals surface area contributed by atoms with Crippen LogP contribution in [0.3, 0.4) is 0 Å². The molecule has 2 rings (SSSR count). The van der Waals surface area contributed by atoms with Crippen LogP contribution >= 0.6 is 11.6 Å². The van der Waals surface area contributed by atoms with Gasteiger partial charge in [-0.2, -0.15) is 0 Å². The van der Waals surface area contributed by atoms with Crippen molar-refractivity contribution in [3.05, 3.63) is 28.8 Å². The molecule has 5 heteroatoms. The van der Waals surface area contributed by atoms with Crippen molar-refractivity contribution in [3.63, 3.8) is 0 Å². The Kier molecular flexibility index (Phi) is 4.89. The van der Waals surface area contributed by atoms with Crippen LogP contribution in [0.4, 0.5) is 0 Å². The highest BCUT2D eigenvalue weighted by atomic mass is 35.5. The molecule has 0 saturated carbocycles. The monoisotopic (exact) mass is 296 g/mol. The van der Waals surface area contributed by atoms with Crippen molar-refractivity contribution in [1.82, 2.24) is 4.90 Å². The molecule has 2 atom stereocenters. The highest BCUT2D eigenvalue weighted by Gasteiger charge is 2.27. The van der Waals surface area contributed by atoms with Gasteiger partial charge in [-0.1, -0.05) is 17.7 Å². The second-order valence-corrected chi connectivity index (χ2v) is 5.76. The Labute approximate surface area is 124 Å². The van der Waals surface area contributed by atoms with Gasteiger partial charge in [0.15, 0.2) is 0 Å². The number of methoxy groups -OCH3 is 1. The summed E-state index contributed by atoms with van der Waals surface area (Å²) in [5, 5.41) is 0.569. The van der Waals surface area contributed by atoms with Crippen molar-refractivity contribution < 1.29 is 9.53 Å². The predicted molar refractivity (Wildman–Crippen MR) is 80.1 cm³/mol. The molecule has 1 amide bonds. The number of piperidine rings is 1. The molecule has 4 nitrogen and oxygen atoms in total. The lowest BCUT2D eigenvalue weighted by atomic mass is 9.98. The van der Waals surface area contributed by atoms with E-state index >= 15 is 0 Å². The van der Waals surface area contributed by atoms with Gasteiger partial charge in [-0.25, -0.2) is 0 Å². The largest absolute Gasteiger partial charge is 0.497 e. The SMILES string of the molecule is COc1ccc(CC(=O)N2CC[C@@H](N)C[C@@H]2C)c(Cl)c1. The standard InChI is InChI=1S/C15H21ClN2O2/c1-10-7-12(17)5-6-18(10)15(19)8-11-3-4-13(20-2)9-14(11)16/h3-4,9-10,12H,5-8,17H2,1-2H3/t10-,12+/m0/s1. The number of nitrogens with two attached hydrogens (primary N) is 1. The van der Waals surface area contributed by atoms with Crippen molar-refractivity contribution in [2.45, 2.75) is 38.3 Å². The molecule has 1 aromatic rings. The number of hydrogen-bond acceptors (Lipinski definition) is 3. The van der Waals surface area contributed by atoms with Crippen LogP contribution < -0.4 is 10.5 Å². The summed E-state index contributed by atoms with van der Waals surface area (Å²) in [5.41, 5.74) is 6.76. The molecule has 1 aliphatic rings. The van der Waals surface area contributed by atoms with Gasteiger partial charge in [0.1, 0.15) is 5.75 Å². The van der Waals surface area contributed by atoms with Crippen molar-refractivity contribution in [1.29, 1.82) is 0 Å². The molecule has 2 N–H and O–H groups in total. The summed E-state index contributed by atoms with van der Waals surface area (Å²) in [6.07, 6.45) is 2.05. The molecule has 1 aromatic carbocycles. The number of ether oxygens (including phenoxy) is 1. The van der Waals surface area contributed by atoms with Crippen LogP contribution in [0.25, 0.3) is 0 Å². The summed E-state index contributed by atoms with van der Waals surface area (Å²) in [5.74, 6) is 0.806. The number of carbonyl (C=O) groups is 1. The molecule has 0 aliphatic carbocycles. The van der Waals surface area contributed by atoms with Gasteiger partial charge < -0.3 is 15.4 Å². The first-order valence-electron chi connectivity index (χ1n) is 6.88. The molecular formula is C15H21ClN2O2. The zero-order valence-corrected chi connectivity index (χ0v) is 12.7. The summed E-state index contributed by atoms with van der Waals surface area (Å²) >= 11 is 6.18. The maximum absolute atomic E-state index is 12.4. The van der Waals surface area contributed by atoms with E-state index in [1.54, 1.807) is 13.2 Å². The van der Waals surface area contributed by atoms with Gasteiger partial charge in [-0.3, -0.25) is 4.79 Å².